The number of benzene rings is 2. The zero-order chi connectivity index (χ0) is 24.6. The fourth-order valence-electron chi connectivity index (χ4n) is 5.93. The third kappa shape index (κ3) is 4.02. The third-order valence-corrected chi connectivity index (χ3v) is 7.58. The molecule has 2 aliphatic rings. The lowest BCUT2D eigenvalue weighted by Gasteiger charge is -2.46. The number of likely N-dealkylation sites (tertiary alicyclic amines) is 1. The Balaban J connectivity index is 1.55. The topological polar surface area (TPSA) is 46.9 Å². The standard InChI is InChI=1S/C28H32FN3O3/c1-30-27(33)25-10-6-9-24(20-16-22(29)18-23(17-20)34-2)26(25)28(30,35-3)21-8-7-13-32(19-21)15-14-31-11-4-5-12-31/h4-6,9-12,16-18,21H,7-8,13-15,19H2,1-3H3. The molecular weight excluding hydrogens is 445 g/mol. The van der Waals surface area contributed by atoms with Gasteiger partial charge in [-0.1, -0.05) is 12.1 Å². The van der Waals surface area contributed by atoms with Gasteiger partial charge in [-0.15, -0.1) is 0 Å². The smallest absolute Gasteiger partial charge is 0.256 e. The summed E-state index contributed by atoms with van der Waals surface area (Å²) in [6.07, 6.45) is 6.12. The van der Waals surface area contributed by atoms with E-state index in [4.69, 9.17) is 9.47 Å². The molecule has 7 heteroatoms. The third-order valence-electron chi connectivity index (χ3n) is 7.58. The Morgan fingerprint density at radius 3 is 2.57 bits per heavy atom. The average molecular weight is 478 g/mol. The van der Waals surface area contributed by atoms with Crippen molar-refractivity contribution >= 4 is 5.91 Å². The molecule has 2 aromatic carbocycles. The number of methoxy groups -OCH3 is 2. The fourth-order valence-corrected chi connectivity index (χ4v) is 5.93. The highest BCUT2D eigenvalue weighted by Crippen LogP contribution is 2.50. The summed E-state index contributed by atoms with van der Waals surface area (Å²) in [6, 6.07) is 14.4. The van der Waals surface area contributed by atoms with E-state index in [0.717, 1.165) is 50.1 Å². The number of ether oxygens (including phenoxy) is 2. The van der Waals surface area contributed by atoms with Crippen LogP contribution in [0.15, 0.2) is 60.9 Å². The van der Waals surface area contributed by atoms with Crippen molar-refractivity contribution < 1.29 is 18.7 Å². The molecule has 0 spiro atoms. The predicted molar refractivity (Wildman–Crippen MR) is 133 cm³/mol. The van der Waals surface area contributed by atoms with Gasteiger partial charge in [-0.2, -0.15) is 0 Å². The van der Waals surface area contributed by atoms with Crippen LogP contribution in [0.25, 0.3) is 11.1 Å². The second kappa shape index (κ2) is 9.47. The van der Waals surface area contributed by atoms with Gasteiger partial charge in [0.25, 0.3) is 5.91 Å². The second-order valence-electron chi connectivity index (χ2n) is 9.43. The first-order chi connectivity index (χ1) is 17.0. The van der Waals surface area contributed by atoms with Crippen molar-refractivity contribution in [3.05, 3.63) is 77.9 Å². The van der Waals surface area contributed by atoms with Crippen molar-refractivity contribution in [1.29, 1.82) is 0 Å². The molecule has 1 fully saturated rings. The first-order valence-electron chi connectivity index (χ1n) is 12.1. The van der Waals surface area contributed by atoms with Crippen LogP contribution in [-0.2, 0) is 17.0 Å². The van der Waals surface area contributed by atoms with Crippen LogP contribution >= 0.6 is 0 Å². The van der Waals surface area contributed by atoms with Gasteiger partial charge in [0.2, 0.25) is 0 Å². The molecule has 1 saturated heterocycles. The summed E-state index contributed by atoms with van der Waals surface area (Å²) in [5.74, 6) is 0.0490. The number of carbonyl (C=O) groups is 1. The van der Waals surface area contributed by atoms with E-state index in [1.807, 2.05) is 43.4 Å². The summed E-state index contributed by atoms with van der Waals surface area (Å²) >= 11 is 0. The van der Waals surface area contributed by atoms with Crippen molar-refractivity contribution in [1.82, 2.24) is 14.4 Å². The van der Waals surface area contributed by atoms with Crippen LogP contribution in [0, 0.1) is 11.7 Å². The van der Waals surface area contributed by atoms with Gasteiger partial charge in [0, 0.05) is 69.3 Å². The van der Waals surface area contributed by atoms with Gasteiger partial charge in [0.15, 0.2) is 5.72 Å². The maximum atomic E-state index is 14.5. The van der Waals surface area contributed by atoms with Crippen LogP contribution in [0.5, 0.6) is 5.75 Å². The van der Waals surface area contributed by atoms with Crippen molar-refractivity contribution in [2.45, 2.75) is 25.1 Å². The largest absolute Gasteiger partial charge is 0.497 e. The molecular formula is C28H32FN3O3. The molecule has 1 aromatic heterocycles. The zero-order valence-corrected chi connectivity index (χ0v) is 20.5. The summed E-state index contributed by atoms with van der Waals surface area (Å²) in [7, 11) is 5.02. The van der Waals surface area contributed by atoms with Crippen molar-refractivity contribution in [3.8, 4) is 16.9 Å². The van der Waals surface area contributed by atoms with E-state index in [1.54, 1.807) is 12.0 Å². The summed E-state index contributed by atoms with van der Waals surface area (Å²) in [4.78, 5) is 17.7. The molecule has 35 heavy (non-hydrogen) atoms. The lowest BCUT2D eigenvalue weighted by molar-refractivity contribution is -0.159. The molecule has 2 unspecified atom stereocenters. The van der Waals surface area contributed by atoms with Gasteiger partial charge in [-0.25, -0.2) is 4.39 Å². The number of rotatable bonds is 7. The molecule has 2 atom stereocenters. The Hall–Kier alpha value is -3.16. The fraction of sp³-hybridized carbons (Fsp3) is 0.393. The van der Waals surface area contributed by atoms with Crippen molar-refractivity contribution in [2.75, 3.05) is 40.9 Å². The second-order valence-corrected chi connectivity index (χ2v) is 9.43. The number of piperidine rings is 1. The first kappa shape index (κ1) is 23.6. The summed E-state index contributed by atoms with van der Waals surface area (Å²) in [5.41, 5.74) is 1.96. The first-order valence-corrected chi connectivity index (χ1v) is 12.1. The lowest BCUT2D eigenvalue weighted by atomic mass is 9.79. The molecule has 3 heterocycles. The van der Waals surface area contributed by atoms with Crippen LogP contribution < -0.4 is 4.74 Å². The van der Waals surface area contributed by atoms with E-state index >= 15 is 0 Å². The molecule has 2 aliphatic heterocycles. The molecule has 6 nitrogen and oxygen atoms in total. The Morgan fingerprint density at radius 2 is 1.83 bits per heavy atom. The highest BCUT2D eigenvalue weighted by atomic mass is 19.1. The highest BCUT2D eigenvalue weighted by Gasteiger charge is 2.55. The number of carbonyl (C=O) groups excluding carboxylic acids is 1. The quantitative estimate of drug-likeness (QED) is 0.499. The van der Waals surface area contributed by atoms with E-state index in [2.05, 4.69) is 21.9 Å². The molecule has 0 N–H and O–H groups in total. The summed E-state index contributed by atoms with van der Waals surface area (Å²) < 4.78 is 28.3. The van der Waals surface area contributed by atoms with Crippen LogP contribution in [0.4, 0.5) is 4.39 Å². The Morgan fingerprint density at radius 1 is 1.06 bits per heavy atom. The van der Waals surface area contributed by atoms with Gasteiger partial charge in [-0.05, 0) is 60.8 Å². The van der Waals surface area contributed by atoms with Crippen molar-refractivity contribution in [2.24, 2.45) is 5.92 Å². The van der Waals surface area contributed by atoms with Crippen molar-refractivity contribution in [3.63, 3.8) is 0 Å². The summed E-state index contributed by atoms with van der Waals surface area (Å²) in [5, 5.41) is 0. The molecule has 184 valence electrons. The average Bonchev–Trinajstić information content (AvgIpc) is 3.48. The minimum Gasteiger partial charge on any atom is -0.497 e. The Bertz CT molecular complexity index is 1210. The number of aromatic nitrogens is 1. The molecule has 1 amide bonds. The van der Waals surface area contributed by atoms with Crippen LogP contribution in [0.1, 0.15) is 28.8 Å². The summed E-state index contributed by atoms with van der Waals surface area (Å²) in [6.45, 7) is 3.68. The number of hydrogen-bond acceptors (Lipinski definition) is 4. The Labute approximate surface area is 205 Å². The van der Waals surface area contributed by atoms with E-state index < -0.39 is 5.72 Å². The SMILES string of the molecule is COc1cc(F)cc(-c2cccc3c2C(OC)(C2CCCN(CCn4cccc4)C2)N(C)C3=O)c1. The number of hydrogen-bond donors (Lipinski definition) is 0. The monoisotopic (exact) mass is 477 g/mol. The number of halogens is 1. The van der Waals surface area contributed by atoms with Crippen LogP contribution in [0.3, 0.4) is 0 Å². The number of nitrogens with zero attached hydrogens (tertiary/aromatic N) is 3. The minimum atomic E-state index is -0.936. The van der Waals surface area contributed by atoms with E-state index in [9.17, 15) is 9.18 Å². The number of fused-ring (bicyclic) bond motifs is 1. The van der Waals surface area contributed by atoms with E-state index in [-0.39, 0.29) is 17.6 Å². The minimum absolute atomic E-state index is 0.0673. The number of amides is 1. The molecule has 3 aromatic rings. The van der Waals surface area contributed by atoms with Gasteiger partial charge in [0.05, 0.1) is 7.11 Å². The van der Waals surface area contributed by atoms with E-state index in [1.165, 1.54) is 19.2 Å². The molecule has 0 bridgehead atoms. The molecule has 5 rings (SSSR count). The van der Waals surface area contributed by atoms with Gasteiger partial charge < -0.3 is 23.8 Å². The van der Waals surface area contributed by atoms with Crippen LogP contribution in [-0.4, -0.2) is 61.2 Å². The maximum absolute atomic E-state index is 14.5. The predicted octanol–water partition coefficient (Wildman–Crippen LogP) is 4.60. The Kier molecular flexibility index (Phi) is 6.38. The molecule has 0 radical (unpaired) electrons. The normalized spacial score (nSPS) is 22.5. The zero-order valence-electron chi connectivity index (χ0n) is 20.5. The van der Waals surface area contributed by atoms with Gasteiger partial charge >= 0.3 is 0 Å². The van der Waals surface area contributed by atoms with Gasteiger partial charge in [-0.3, -0.25) is 4.79 Å². The molecule has 0 aliphatic carbocycles. The highest BCUT2D eigenvalue weighted by molar-refractivity contribution is 6.02. The molecule has 0 saturated carbocycles. The van der Waals surface area contributed by atoms with E-state index in [0.29, 0.717) is 16.9 Å². The lowest BCUT2D eigenvalue weighted by Crippen LogP contribution is -2.54. The van der Waals surface area contributed by atoms with Crippen LogP contribution in [0.2, 0.25) is 0 Å². The van der Waals surface area contributed by atoms with Gasteiger partial charge in [0.1, 0.15) is 11.6 Å². The maximum Gasteiger partial charge on any atom is 0.256 e.